The number of carbonyl (C=O) groups is 2. The van der Waals surface area contributed by atoms with Gasteiger partial charge in [0.1, 0.15) is 24.9 Å². The van der Waals surface area contributed by atoms with Gasteiger partial charge in [0.25, 0.3) is 0 Å². The van der Waals surface area contributed by atoms with Crippen molar-refractivity contribution in [2.24, 2.45) is 0 Å². The Morgan fingerprint density at radius 1 is 0.927 bits per heavy atom. The molecule has 4 rings (SSSR count). The lowest BCUT2D eigenvalue weighted by Crippen LogP contribution is -2.52. The molecule has 0 spiro atoms. The van der Waals surface area contributed by atoms with Crippen molar-refractivity contribution in [3.8, 4) is 5.75 Å². The number of anilines is 1. The summed E-state index contributed by atoms with van der Waals surface area (Å²) in [4.78, 5) is 28.4. The maximum Gasteiger partial charge on any atom is 0.244 e. The summed E-state index contributed by atoms with van der Waals surface area (Å²) in [6.07, 6.45) is 5.07. The Morgan fingerprint density at radius 2 is 1.56 bits per heavy atom. The molecule has 3 aromatic carbocycles. The third kappa shape index (κ3) is 8.57. The smallest absolute Gasteiger partial charge is 0.244 e. The van der Waals surface area contributed by atoms with Crippen molar-refractivity contribution in [2.45, 2.75) is 64.8 Å². The fraction of sp³-hybridized carbons (Fsp3) is 0.375. The molecule has 1 unspecified atom stereocenters. The first-order valence-corrected chi connectivity index (χ1v) is 15.8. The number of hydrogen-bond acceptors (Lipinski definition) is 5. The lowest BCUT2D eigenvalue weighted by molar-refractivity contribution is -0.139. The van der Waals surface area contributed by atoms with E-state index in [0.29, 0.717) is 18.0 Å². The molecule has 1 fully saturated rings. The minimum absolute atomic E-state index is 0.108. The zero-order valence-corrected chi connectivity index (χ0v) is 24.8. The molecule has 0 heterocycles. The van der Waals surface area contributed by atoms with Crippen LogP contribution >= 0.6 is 0 Å². The van der Waals surface area contributed by atoms with Gasteiger partial charge in [-0.2, -0.15) is 0 Å². The SMILES string of the molecule is Cc1ccc(CN(C(=O)CN(c2ccc(OCc3ccccc3)cc2)S(C)(=O)=O)C(C)C(=O)NC2CCCC2)cc1. The standard InChI is InChI=1S/C32H39N3O5S/c1-24-13-15-26(16-14-24)21-34(25(2)32(37)33-28-11-7-8-12-28)31(36)22-35(41(3,38)39)29-17-19-30(20-18-29)40-23-27-9-5-4-6-10-27/h4-6,9-10,13-20,25,28H,7-8,11-12,21-23H2,1-3H3,(H,33,37). The van der Waals surface area contributed by atoms with Crippen molar-refractivity contribution in [3.05, 3.63) is 95.6 Å². The minimum atomic E-state index is -3.81. The first-order chi connectivity index (χ1) is 19.6. The van der Waals surface area contributed by atoms with Gasteiger partial charge in [-0.25, -0.2) is 8.42 Å². The average Bonchev–Trinajstić information content (AvgIpc) is 3.47. The molecule has 8 nitrogen and oxygen atoms in total. The number of aryl methyl sites for hydroxylation is 1. The molecular formula is C32H39N3O5S. The number of hydrogen-bond donors (Lipinski definition) is 1. The molecule has 0 aliphatic heterocycles. The maximum atomic E-state index is 13.8. The van der Waals surface area contributed by atoms with Crippen LogP contribution in [0.5, 0.6) is 5.75 Å². The molecule has 1 N–H and O–H groups in total. The molecule has 0 radical (unpaired) electrons. The van der Waals surface area contributed by atoms with E-state index < -0.39 is 28.5 Å². The molecule has 1 atom stereocenters. The quantitative estimate of drug-likeness (QED) is 0.333. The third-order valence-corrected chi connectivity index (χ3v) is 8.54. The second-order valence-electron chi connectivity index (χ2n) is 10.7. The van der Waals surface area contributed by atoms with Crippen LogP contribution in [0.15, 0.2) is 78.9 Å². The van der Waals surface area contributed by atoms with Crippen LogP contribution in [0.25, 0.3) is 0 Å². The summed E-state index contributed by atoms with van der Waals surface area (Å²) in [5.41, 5.74) is 3.29. The molecular weight excluding hydrogens is 538 g/mol. The molecule has 2 amide bonds. The van der Waals surface area contributed by atoms with E-state index in [1.807, 2.05) is 61.5 Å². The largest absolute Gasteiger partial charge is 0.489 e. The zero-order chi connectivity index (χ0) is 29.4. The van der Waals surface area contributed by atoms with E-state index >= 15 is 0 Å². The predicted molar refractivity (Wildman–Crippen MR) is 161 cm³/mol. The van der Waals surface area contributed by atoms with Crippen molar-refractivity contribution in [3.63, 3.8) is 0 Å². The highest BCUT2D eigenvalue weighted by Crippen LogP contribution is 2.24. The van der Waals surface area contributed by atoms with Crippen LogP contribution in [0.1, 0.15) is 49.3 Å². The first-order valence-electron chi connectivity index (χ1n) is 14.0. The van der Waals surface area contributed by atoms with Gasteiger partial charge in [-0.3, -0.25) is 13.9 Å². The fourth-order valence-corrected chi connectivity index (χ4v) is 5.78. The number of benzene rings is 3. The van der Waals surface area contributed by atoms with E-state index in [0.717, 1.165) is 52.9 Å². The molecule has 41 heavy (non-hydrogen) atoms. The summed E-state index contributed by atoms with van der Waals surface area (Å²) >= 11 is 0. The van der Waals surface area contributed by atoms with Gasteiger partial charge in [-0.05, 0) is 62.1 Å². The minimum Gasteiger partial charge on any atom is -0.489 e. The molecule has 218 valence electrons. The number of nitrogens with one attached hydrogen (secondary N) is 1. The number of rotatable bonds is 12. The van der Waals surface area contributed by atoms with Crippen LogP contribution in [0.4, 0.5) is 5.69 Å². The van der Waals surface area contributed by atoms with Gasteiger partial charge in [-0.1, -0.05) is 73.0 Å². The predicted octanol–water partition coefficient (Wildman–Crippen LogP) is 4.82. The monoisotopic (exact) mass is 577 g/mol. The van der Waals surface area contributed by atoms with E-state index in [1.165, 1.54) is 4.90 Å². The molecule has 1 aliphatic rings. The molecule has 1 aliphatic carbocycles. The summed E-state index contributed by atoms with van der Waals surface area (Å²) < 4.78 is 32.6. The van der Waals surface area contributed by atoms with E-state index in [1.54, 1.807) is 31.2 Å². The van der Waals surface area contributed by atoms with E-state index in [2.05, 4.69) is 5.32 Å². The van der Waals surface area contributed by atoms with Crippen molar-refractivity contribution in [1.82, 2.24) is 10.2 Å². The van der Waals surface area contributed by atoms with E-state index in [-0.39, 0.29) is 18.5 Å². The molecule has 9 heteroatoms. The average molecular weight is 578 g/mol. The number of nitrogens with zero attached hydrogens (tertiary/aromatic N) is 2. The topological polar surface area (TPSA) is 96.0 Å². The summed E-state index contributed by atoms with van der Waals surface area (Å²) in [5, 5.41) is 3.08. The Bertz CT molecular complexity index is 1400. The number of sulfonamides is 1. The van der Waals surface area contributed by atoms with Crippen LogP contribution < -0.4 is 14.4 Å². The van der Waals surface area contributed by atoms with Crippen LogP contribution in [0.3, 0.4) is 0 Å². The number of amides is 2. The summed E-state index contributed by atoms with van der Waals surface area (Å²) in [7, 11) is -3.81. The fourth-order valence-electron chi connectivity index (χ4n) is 4.93. The van der Waals surface area contributed by atoms with Crippen molar-refractivity contribution in [2.75, 3.05) is 17.1 Å². The lowest BCUT2D eigenvalue weighted by atomic mass is 10.1. The van der Waals surface area contributed by atoms with E-state index in [4.69, 9.17) is 4.74 Å². The molecule has 1 saturated carbocycles. The van der Waals surface area contributed by atoms with Crippen LogP contribution in [-0.4, -0.2) is 50.0 Å². The van der Waals surface area contributed by atoms with Gasteiger partial charge in [0, 0.05) is 12.6 Å². The summed E-state index contributed by atoms with van der Waals surface area (Å²) in [6, 6.07) is 23.4. The van der Waals surface area contributed by atoms with Crippen molar-refractivity contribution in [1.29, 1.82) is 0 Å². The second kappa shape index (κ2) is 13.7. The van der Waals surface area contributed by atoms with Crippen LogP contribution in [-0.2, 0) is 32.8 Å². The van der Waals surface area contributed by atoms with Gasteiger partial charge in [0.2, 0.25) is 21.8 Å². The van der Waals surface area contributed by atoms with E-state index in [9.17, 15) is 18.0 Å². The lowest BCUT2D eigenvalue weighted by Gasteiger charge is -2.32. The Balaban J connectivity index is 1.51. The zero-order valence-electron chi connectivity index (χ0n) is 24.0. The Hall–Kier alpha value is -3.85. The van der Waals surface area contributed by atoms with Crippen LogP contribution in [0, 0.1) is 6.92 Å². The maximum absolute atomic E-state index is 13.8. The normalized spacial score (nSPS) is 14.3. The first kappa shape index (κ1) is 30.1. The third-order valence-electron chi connectivity index (χ3n) is 7.39. The molecule has 0 saturated heterocycles. The Labute approximate surface area is 243 Å². The van der Waals surface area contributed by atoms with Gasteiger partial charge < -0.3 is 15.0 Å². The molecule has 0 bridgehead atoms. The number of carbonyl (C=O) groups excluding carboxylic acids is 2. The molecule has 0 aromatic heterocycles. The van der Waals surface area contributed by atoms with Gasteiger partial charge in [0.05, 0.1) is 11.9 Å². The second-order valence-corrected chi connectivity index (χ2v) is 12.6. The van der Waals surface area contributed by atoms with Crippen molar-refractivity contribution >= 4 is 27.5 Å². The van der Waals surface area contributed by atoms with Gasteiger partial charge in [-0.15, -0.1) is 0 Å². The summed E-state index contributed by atoms with van der Waals surface area (Å²) in [6.45, 7) is 3.80. The molecule has 3 aromatic rings. The highest BCUT2D eigenvalue weighted by Gasteiger charge is 2.31. The van der Waals surface area contributed by atoms with Crippen molar-refractivity contribution < 1.29 is 22.7 Å². The van der Waals surface area contributed by atoms with Gasteiger partial charge in [0.15, 0.2) is 0 Å². The van der Waals surface area contributed by atoms with Crippen LogP contribution in [0.2, 0.25) is 0 Å². The van der Waals surface area contributed by atoms with Gasteiger partial charge >= 0.3 is 0 Å². The highest BCUT2D eigenvalue weighted by atomic mass is 32.2. The Kier molecular flexibility index (Phi) is 10.0. The summed E-state index contributed by atoms with van der Waals surface area (Å²) in [5.74, 6) is -0.117. The highest BCUT2D eigenvalue weighted by molar-refractivity contribution is 7.92. The Morgan fingerprint density at radius 3 is 2.17 bits per heavy atom. The number of ether oxygens (including phenoxy) is 1.